The quantitative estimate of drug-likeness (QED) is 0.687. The maximum atomic E-state index is 11.7. The van der Waals surface area contributed by atoms with E-state index in [4.69, 9.17) is 4.74 Å². The molecule has 0 bridgehead atoms. The van der Waals surface area contributed by atoms with Crippen LogP contribution in [0.15, 0.2) is 15.8 Å². The predicted octanol–water partition coefficient (Wildman–Crippen LogP) is -0.211. The van der Waals surface area contributed by atoms with Gasteiger partial charge in [0.05, 0.1) is 6.61 Å². The number of aromatic nitrogens is 2. The summed E-state index contributed by atoms with van der Waals surface area (Å²) in [6.45, 7) is 0.853. The molecule has 1 aromatic rings. The summed E-state index contributed by atoms with van der Waals surface area (Å²) in [5.41, 5.74) is -0.565. The van der Waals surface area contributed by atoms with Gasteiger partial charge in [-0.3, -0.25) is 14.3 Å². The highest BCUT2D eigenvalue weighted by molar-refractivity contribution is 5.00. The molecule has 0 aliphatic carbocycles. The van der Waals surface area contributed by atoms with Gasteiger partial charge in [0.1, 0.15) is 13.4 Å². The van der Waals surface area contributed by atoms with Crippen molar-refractivity contribution in [2.75, 3.05) is 13.3 Å². The number of ether oxygens (including phenoxy) is 1. The zero-order chi connectivity index (χ0) is 10.6. The number of aryl methyl sites for hydroxylation is 1. The molecule has 0 aliphatic heterocycles. The molecule has 0 aliphatic rings. The lowest BCUT2D eigenvalue weighted by Crippen LogP contribution is -2.31. The number of aromatic amines is 1. The maximum absolute atomic E-state index is 11.7. The molecule has 78 valence electrons. The minimum absolute atomic E-state index is 0.0552. The van der Waals surface area contributed by atoms with E-state index in [9.17, 15) is 14.0 Å². The standard InChI is InChI=1S/C8H11FN2O3/c1-6-4-11(5-14-3-2-9)8(13)10-7(6)12/h4H,2-3,5H2,1H3,(H,10,12,13). The molecule has 5 nitrogen and oxygen atoms in total. The summed E-state index contributed by atoms with van der Waals surface area (Å²) in [5.74, 6) is 0. The molecule has 1 aromatic heterocycles. The van der Waals surface area contributed by atoms with Crippen molar-refractivity contribution in [1.29, 1.82) is 0 Å². The third-order valence-electron chi connectivity index (χ3n) is 1.64. The molecular weight excluding hydrogens is 191 g/mol. The van der Waals surface area contributed by atoms with E-state index in [1.165, 1.54) is 10.8 Å². The number of hydrogen-bond donors (Lipinski definition) is 1. The maximum Gasteiger partial charge on any atom is 0.330 e. The third kappa shape index (κ3) is 2.53. The van der Waals surface area contributed by atoms with Gasteiger partial charge in [-0.05, 0) is 6.92 Å². The Labute approximate surface area is 79.1 Å². The summed E-state index contributed by atoms with van der Waals surface area (Å²) in [6, 6.07) is 0. The Morgan fingerprint density at radius 3 is 2.93 bits per heavy atom. The van der Waals surface area contributed by atoms with E-state index in [0.717, 1.165) is 0 Å². The van der Waals surface area contributed by atoms with Crippen molar-refractivity contribution in [2.45, 2.75) is 13.7 Å². The van der Waals surface area contributed by atoms with Gasteiger partial charge in [0.2, 0.25) is 0 Å². The monoisotopic (exact) mass is 202 g/mol. The molecule has 0 fully saturated rings. The number of nitrogens with zero attached hydrogens (tertiary/aromatic N) is 1. The molecule has 0 spiro atoms. The molecule has 0 atom stereocenters. The minimum atomic E-state index is -0.600. The first-order valence-electron chi connectivity index (χ1n) is 4.09. The van der Waals surface area contributed by atoms with Crippen LogP contribution in [0.4, 0.5) is 4.39 Å². The molecule has 0 saturated heterocycles. The first-order valence-corrected chi connectivity index (χ1v) is 4.09. The van der Waals surface area contributed by atoms with Crippen molar-refractivity contribution in [3.8, 4) is 0 Å². The summed E-state index contributed by atoms with van der Waals surface area (Å²) in [5, 5.41) is 0. The van der Waals surface area contributed by atoms with Gasteiger partial charge >= 0.3 is 5.69 Å². The van der Waals surface area contributed by atoms with E-state index < -0.39 is 17.9 Å². The van der Waals surface area contributed by atoms with E-state index in [1.54, 1.807) is 6.92 Å². The fourth-order valence-corrected chi connectivity index (χ4v) is 0.932. The van der Waals surface area contributed by atoms with Crippen molar-refractivity contribution in [3.63, 3.8) is 0 Å². The van der Waals surface area contributed by atoms with Crippen molar-refractivity contribution in [2.24, 2.45) is 0 Å². The van der Waals surface area contributed by atoms with Crippen LogP contribution in [0.1, 0.15) is 5.56 Å². The highest BCUT2D eigenvalue weighted by Gasteiger charge is 1.99. The van der Waals surface area contributed by atoms with Gasteiger partial charge in [0.15, 0.2) is 0 Å². The van der Waals surface area contributed by atoms with Crippen molar-refractivity contribution in [1.82, 2.24) is 9.55 Å². The summed E-state index contributed by atoms with van der Waals surface area (Å²) < 4.78 is 17.7. The lowest BCUT2D eigenvalue weighted by atomic mass is 10.4. The second-order valence-electron chi connectivity index (χ2n) is 2.77. The number of alkyl halides is 1. The fourth-order valence-electron chi connectivity index (χ4n) is 0.932. The Kier molecular flexibility index (Phi) is 3.58. The number of rotatable bonds is 4. The number of halogens is 1. The summed E-state index contributed by atoms with van der Waals surface area (Å²) in [4.78, 5) is 24.2. The average Bonchev–Trinajstić information content (AvgIpc) is 2.14. The molecular formula is C8H11FN2O3. The number of nitrogens with one attached hydrogen (secondary N) is 1. The van der Waals surface area contributed by atoms with Gasteiger partial charge in [-0.25, -0.2) is 9.18 Å². The van der Waals surface area contributed by atoms with Gasteiger partial charge in [-0.15, -0.1) is 0 Å². The number of H-pyrrole nitrogens is 1. The van der Waals surface area contributed by atoms with E-state index >= 15 is 0 Å². The Morgan fingerprint density at radius 1 is 1.57 bits per heavy atom. The largest absolute Gasteiger partial charge is 0.358 e. The zero-order valence-corrected chi connectivity index (χ0v) is 7.75. The van der Waals surface area contributed by atoms with Gasteiger partial charge in [-0.1, -0.05) is 0 Å². The van der Waals surface area contributed by atoms with Crippen molar-refractivity contribution >= 4 is 0 Å². The van der Waals surface area contributed by atoms with E-state index in [2.05, 4.69) is 4.98 Å². The van der Waals surface area contributed by atoms with E-state index in [-0.39, 0.29) is 13.3 Å². The van der Waals surface area contributed by atoms with Crippen molar-refractivity contribution in [3.05, 3.63) is 32.6 Å². The van der Waals surface area contributed by atoms with Crippen LogP contribution in [0.2, 0.25) is 0 Å². The first-order chi connectivity index (χ1) is 6.65. The minimum Gasteiger partial charge on any atom is -0.358 e. The zero-order valence-electron chi connectivity index (χ0n) is 7.75. The first kappa shape index (κ1) is 10.6. The average molecular weight is 202 g/mol. The van der Waals surface area contributed by atoms with Crippen LogP contribution in [0, 0.1) is 6.92 Å². The van der Waals surface area contributed by atoms with Crippen molar-refractivity contribution < 1.29 is 9.13 Å². The molecule has 1 heterocycles. The third-order valence-corrected chi connectivity index (χ3v) is 1.64. The van der Waals surface area contributed by atoms with Gasteiger partial charge < -0.3 is 4.74 Å². The molecule has 1 N–H and O–H groups in total. The number of hydrogen-bond acceptors (Lipinski definition) is 3. The van der Waals surface area contributed by atoms with Crippen LogP contribution in [0.5, 0.6) is 0 Å². The summed E-state index contributed by atoms with van der Waals surface area (Å²) in [6.07, 6.45) is 1.37. The second-order valence-corrected chi connectivity index (χ2v) is 2.77. The van der Waals surface area contributed by atoms with Crippen LogP contribution in [0.3, 0.4) is 0 Å². The molecule has 0 aromatic carbocycles. The van der Waals surface area contributed by atoms with Crippen LogP contribution in [0.25, 0.3) is 0 Å². The second kappa shape index (κ2) is 4.71. The molecule has 6 heteroatoms. The Hall–Kier alpha value is -1.43. The molecule has 0 radical (unpaired) electrons. The van der Waals surface area contributed by atoms with E-state index in [0.29, 0.717) is 5.56 Å². The van der Waals surface area contributed by atoms with Crippen LogP contribution < -0.4 is 11.2 Å². The normalized spacial score (nSPS) is 10.4. The lowest BCUT2D eigenvalue weighted by Gasteiger charge is -2.05. The Balaban J connectivity index is 2.82. The Bertz CT molecular complexity index is 410. The fraction of sp³-hybridized carbons (Fsp3) is 0.500. The molecule has 1 rings (SSSR count). The van der Waals surface area contributed by atoms with Gasteiger partial charge in [0, 0.05) is 11.8 Å². The molecule has 14 heavy (non-hydrogen) atoms. The van der Waals surface area contributed by atoms with Gasteiger partial charge in [-0.2, -0.15) is 0 Å². The van der Waals surface area contributed by atoms with Crippen LogP contribution in [-0.2, 0) is 11.5 Å². The Morgan fingerprint density at radius 2 is 2.29 bits per heavy atom. The SMILES string of the molecule is Cc1cn(COCCF)c(=O)[nH]c1=O. The van der Waals surface area contributed by atoms with Crippen LogP contribution in [-0.4, -0.2) is 22.8 Å². The smallest absolute Gasteiger partial charge is 0.330 e. The highest BCUT2D eigenvalue weighted by atomic mass is 19.1. The van der Waals surface area contributed by atoms with Crippen LogP contribution >= 0.6 is 0 Å². The van der Waals surface area contributed by atoms with Gasteiger partial charge in [0.25, 0.3) is 5.56 Å². The summed E-state index contributed by atoms with van der Waals surface area (Å²) in [7, 11) is 0. The summed E-state index contributed by atoms with van der Waals surface area (Å²) >= 11 is 0. The molecule has 0 unspecified atom stereocenters. The highest BCUT2D eigenvalue weighted by Crippen LogP contribution is 1.85. The molecule has 0 saturated carbocycles. The lowest BCUT2D eigenvalue weighted by molar-refractivity contribution is 0.0634. The molecule has 0 amide bonds. The predicted molar refractivity (Wildman–Crippen MR) is 48.0 cm³/mol. The van der Waals surface area contributed by atoms with E-state index in [1.807, 2.05) is 0 Å². The topological polar surface area (TPSA) is 64.1 Å².